The molecule has 18 heavy (non-hydrogen) atoms. The lowest BCUT2D eigenvalue weighted by molar-refractivity contribution is 0.160. The maximum Gasteiger partial charge on any atom is 0.0512 e. The minimum absolute atomic E-state index is 0.121. The van der Waals surface area contributed by atoms with Crippen LogP contribution in [-0.4, -0.2) is 59.8 Å². The van der Waals surface area contributed by atoms with Crippen molar-refractivity contribution >= 4 is 0 Å². The van der Waals surface area contributed by atoms with Crippen molar-refractivity contribution in [2.24, 2.45) is 0 Å². The van der Waals surface area contributed by atoms with Crippen molar-refractivity contribution in [1.29, 1.82) is 0 Å². The van der Waals surface area contributed by atoms with E-state index in [-0.39, 0.29) is 6.10 Å². The molecule has 0 amide bonds. The van der Waals surface area contributed by atoms with Gasteiger partial charge in [-0.2, -0.15) is 0 Å². The van der Waals surface area contributed by atoms with Gasteiger partial charge in [0, 0.05) is 12.6 Å². The predicted molar refractivity (Wildman–Crippen MR) is 75.8 cm³/mol. The van der Waals surface area contributed by atoms with Gasteiger partial charge >= 0.3 is 0 Å². The van der Waals surface area contributed by atoms with Crippen molar-refractivity contribution in [2.75, 3.05) is 32.7 Å². The first-order chi connectivity index (χ1) is 8.75. The molecule has 0 spiro atoms. The van der Waals surface area contributed by atoms with E-state index in [0.29, 0.717) is 0 Å². The Morgan fingerprint density at radius 3 is 2.61 bits per heavy atom. The summed E-state index contributed by atoms with van der Waals surface area (Å²) in [6.07, 6.45) is 8.88. The van der Waals surface area contributed by atoms with Gasteiger partial charge < -0.3 is 10.0 Å². The highest BCUT2D eigenvalue weighted by molar-refractivity contribution is 4.84. The van der Waals surface area contributed by atoms with Crippen molar-refractivity contribution in [3.63, 3.8) is 0 Å². The van der Waals surface area contributed by atoms with Crippen molar-refractivity contribution in [1.82, 2.24) is 9.80 Å². The molecule has 0 aliphatic carbocycles. The van der Waals surface area contributed by atoms with Gasteiger partial charge in [0.1, 0.15) is 0 Å². The molecule has 2 aliphatic rings. The smallest absolute Gasteiger partial charge is 0.0512 e. The lowest BCUT2D eigenvalue weighted by atomic mass is 10.1. The first-order valence-corrected chi connectivity index (χ1v) is 7.90. The molecule has 0 radical (unpaired) electrons. The Hall–Kier alpha value is -0.120. The summed E-state index contributed by atoms with van der Waals surface area (Å²) in [5, 5.41) is 9.24. The molecule has 3 heteroatoms. The Labute approximate surface area is 112 Å². The van der Waals surface area contributed by atoms with Gasteiger partial charge in [-0.1, -0.05) is 6.42 Å². The van der Waals surface area contributed by atoms with Crippen LogP contribution in [0, 0.1) is 0 Å². The molecule has 2 aliphatic heterocycles. The van der Waals surface area contributed by atoms with Gasteiger partial charge in [-0.3, -0.25) is 4.90 Å². The summed E-state index contributed by atoms with van der Waals surface area (Å²) in [4.78, 5) is 5.35. The van der Waals surface area contributed by atoms with Crippen LogP contribution in [0.15, 0.2) is 0 Å². The first-order valence-electron chi connectivity index (χ1n) is 7.90. The van der Waals surface area contributed by atoms with E-state index in [9.17, 15) is 5.11 Å². The van der Waals surface area contributed by atoms with Crippen molar-refractivity contribution < 1.29 is 5.11 Å². The van der Waals surface area contributed by atoms with Gasteiger partial charge in [-0.15, -0.1) is 0 Å². The molecule has 3 nitrogen and oxygen atoms in total. The number of hydrogen-bond donors (Lipinski definition) is 1. The quantitative estimate of drug-likeness (QED) is 0.735. The molecule has 0 aromatic carbocycles. The molecule has 2 unspecified atom stereocenters. The Morgan fingerprint density at radius 1 is 1.11 bits per heavy atom. The Morgan fingerprint density at radius 2 is 1.89 bits per heavy atom. The van der Waals surface area contributed by atoms with Crippen LogP contribution in [0.2, 0.25) is 0 Å². The lowest BCUT2D eigenvalue weighted by Crippen LogP contribution is -2.40. The molecule has 2 rings (SSSR count). The number of aliphatic hydroxyl groups is 1. The summed E-state index contributed by atoms with van der Waals surface area (Å²) in [5.74, 6) is 0. The molecule has 0 aromatic heterocycles. The monoisotopic (exact) mass is 254 g/mol. The Bertz CT molecular complexity index is 227. The third kappa shape index (κ3) is 4.52. The zero-order valence-electron chi connectivity index (χ0n) is 12.0. The molecule has 2 heterocycles. The minimum atomic E-state index is -0.121. The highest BCUT2D eigenvalue weighted by atomic mass is 16.3. The molecular weight excluding hydrogens is 224 g/mol. The highest BCUT2D eigenvalue weighted by Crippen LogP contribution is 2.20. The number of rotatable bonds is 6. The molecule has 2 saturated heterocycles. The van der Waals surface area contributed by atoms with E-state index in [1.165, 1.54) is 71.2 Å². The summed E-state index contributed by atoms with van der Waals surface area (Å²) in [6.45, 7) is 8.37. The number of piperidine rings is 1. The fourth-order valence-electron chi connectivity index (χ4n) is 3.37. The molecule has 0 bridgehead atoms. The van der Waals surface area contributed by atoms with E-state index in [4.69, 9.17) is 0 Å². The largest absolute Gasteiger partial charge is 0.393 e. The van der Waals surface area contributed by atoms with E-state index < -0.39 is 0 Å². The first kappa shape index (κ1) is 14.3. The summed E-state index contributed by atoms with van der Waals surface area (Å²) in [7, 11) is 0. The molecule has 0 aromatic rings. The van der Waals surface area contributed by atoms with Crippen molar-refractivity contribution in [3.05, 3.63) is 0 Å². The number of unbranched alkanes of at least 4 members (excludes halogenated alkanes) is 1. The summed E-state index contributed by atoms with van der Waals surface area (Å²) in [5.41, 5.74) is 0. The molecule has 1 N–H and O–H groups in total. The third-order valence-electron chi connectivity index (χ3n) is 4.50. The Balaban J connectivity index is 1.59. The third-order valence-corrected chi connectivity index (χ3v) is 4.50. The van der Waals surface area contributed by atoms with Crippen LogP contribution in [0.1, 0.15) is 51.9 Å². The number of aliphatic hydroxyl groups excluding tert-OH is 1. The lowest BCUT2D eigenvalue weighted by Gasteiger charge is -2.32. The van der Waals surface area contributed by atoms with Crippen molar-refractivity contribution in [3.8, 4) is 0 Å². The van der Waals surface area contributed by atoms with E-state index in [1.807, 2.05) is 6.92 Å². The zero-order valence-corrected chi connectivity index (χ0v) is 12.0. The molecule has 106 valence electrons. The highest BCUT2D eigenvalue weighted by Gasteiger charge is 2.27. The molecule has 0 saturated carbocycles. The second-order valence-corrected chi connectivity index (χ2v) is 6.18. The van der Waals surface area contributed by atoms with E-state index in [1.54, 1.807) is 0 Å². The van der Waals surface area contributed by atoms with Gasteiger partial charge in [0.25, 0.3) is 0 Å². The predicted octanol–water partition coefficient (Wildman–Crippen LogP) is 2.10. The maximum atomic E-state index is 9.24. The summed E-state index contributed by atoms with van der Waals surface area (Å²) >= 11 is 0. The summed E-state index contributed by atoms with van der Waals surface area (Å²) < 4.78 is 0. The average Bonchev–Trinajstić information content (AvgIpc) is 2.84. The average molecular weight is 254 g/mol. The van der Waals surface area contributed by atoms with E-state index >= 15 is 0 Å². The van der Waals surface area contributed by atoms with Crippen molar-refractivity contribution in [2.45, 2.75) is 64.0 Å². The molecule has 2 atom stereocenters. The summed E-state index contributed by atoms with van der Waals surface area (Å²) in [6, 6.07) is 0.835. The normalized spacial score (nSPS) is 28.7. The SMILES string of the molecule is CC(O)CCCCN1CCC(N2CCCCC2)C1. The number of likely N-dealkylation sites (tertiary alicyclic amines) is 2. The van der Waals surface area contributed by atoms with Crippen LogP contribution in [0.3, 0.4) is 0 Å². The molecular formula is C15H30N2O. The minimum Gasteiger partial charge on any atom is -0.393 e. The van der Waals surface area contributed by atoms with Gasteiger partial charge in [0.2, 0.25) is 0 Å². The standard InChI is InChI=1S/C15H30N2O/c1-14(18)7-3-6-9-16-12-8-15(13-16)17-10-4-2-5-11-17/h14-15,18H,2-13H2,1H3. The van der Waals surface area contributed by atoms with Crippen LogP contribution < -0.4 is 0 Å². The van der Waals surface area contributed by atoms with Crippen LogP contribution >= 0.6 is 0 Å². The van der Waals surface area contributed by atoms with E-state index in [2.05, 4.69) is 9.80 Å². The number of nitrogens with zero attached hydrogens (tertiary/aromatic N) is 2. The van der Waals surface area contributed by atoms with Crippen LogP contribution in [0.4, 0.5) is 0 Å². The van der Waals surface area contributed by atoms with Gasteiger partial charge in [-0.25, -0.2) is 0 Å². The second-order valence-electron chi connectivity index (χ2n) is 6.18. The molecule has 2 fully saturated rings. The maximum absolute atomic E-state index is 9.24. The van der Waals surface area contributed by atoms with E-state index in [0.717, 1.165) is 12.5 Å². The van der Waals surface area contributed by atoms with Gasteiger partial charge in [0.05, 0.1) is 6.10 Å². The fourth-order valence-corrected chi connectivity index (χ4v) is 3.37. The number of hydrogen-bond acceptors (Lipinski definition) is 3. The van der Waals surface area contributed by atoms with Gasteiger partial charge in [0.15, 0.2) is 0 Å². The Kier molecular flexibility index (Phi) is 5.93. The van der Waals surface area contributed by atoms with Crippen LogP contribution in [0.5, 0.6) is 0 Å². The second kappa shape index (κ2) is 7.46. The van der Waals surface area contributed by atoms with Crippen LogP contribution in [-0.2, 0) is 0 Å². The van der Waals surface area contributed by atoms with Gasteiger partial charge in [-0.05, 0) is 71.6 Å². The zero-order chi connectivity index (χ0) is 12.8. The fraction of sp³-hybridized carbons (Fsp3) is 1.00. The topological polar surface area (TPSA) is 26.7 Å². The van der Waals surface area contributed by atoms with Crippen LogP contribution in [0.25, 0.3) is 0 Å².